The SMILES string of the molecule is COc1ccc2c(-c3nc(Cl)ncc3C(F)(F)F)c[nH]c2c1. The van der Waals surface area contributed by atoms with Crippen molar-refractivity contribution in [1.82, 2.24) is 15.0 Å². The van der Waals surface area contributed by atoms with Crippen LogP contribution in [0.2, 0.25) is 5.28 Å². The molecule has 0 radical (unpaired) electrons. The van der Waals surface area contributed by atoms with Crippen molar-refractivity contribution in [3.8, 4) is 17.0 Å². The maximum absolute atomic E-state index is 13.1. The van der Waals surface area contributed by atoms with Crippen LogP contribution in [0.15, 0.2) is 30.6 Å². The van der Waals surface area contributed by atoms with Crippen molar-refractivity contribution in [2.45, 2.75) is 6.18 Å². The van der Waals surface area contributed by atoms with Crippen LogP contribution in [-0.2, 0) is 6.18 Å². The standard InChI is InChI=1S/C14H9ClF3N3O/c1-22-7-2-3-8-9(5-19-11(8)4-7)12-10(14(16,17)18)6-20-13(15)21-12/h2-6,19H,1H3. The highest BCUT2D eigenvalue weighted by atomic mass is 35.5. The molecular formula is C14H9ClF3N3O. The Bertz CT molecular complexity index is 845. The predicted molar refractivity (Wildman–Crippen MR) is 75.9 cm³/mol. The number of halogens is 4. The third kappa shape index (κ3) is 2.48. The summed E-state index contributed by atoms with van der Waals surface area (Å²) in [5, 5.41) is 0.340. The third-order valence-electron chi connectivity index (χ3n) is 3.21. The molecule has 0 bridgehead atoms. The van der Waals surface area contributed by atoms with Gasteiger partial charge in [-0.3, -0.25) is 0 Å². The van der Waals surface area contributed by atoms with Crippen LogP contribution in [0, 0.1) is 0 Å². The van der Waals surface area contributed by atoms with Gasteiger partial charge in [-0.1, -0.05) is 0 Å². The Kier molecular flexibility index (Phi) is 3.44. The summed E-state index contributed by atoms with van der Waals surface area (Å²) in [6.45, 7) is 0. The molecule has 2 heterocycles. The van der Waals surface area contributed by atoms with Crippen molar-refractivity contribution in [1.29, 1.82) is 0 Å². The first kappa shape index (κ1) is 14.6. The molecule has 4 nitrogen and oxygen atoms in total. The van der Waals surface area contributed by atoms with Crippen LogP contribution in [0.3, 0.4) is 0 Å². The minimum Gasteiger partial charge on any atom is -0.497 e. The molecule has 0 saturated carbocycles. The Balaban J connectivity index is 2.25. The highest BCUT2D eigenvalue weighted by Gasteiger charge is 2.36. The van der Waals surface area contributed by atoms with Gasteiger partial charge in [-0.15, -0.1) is 0 Å². The molecule has 0 aliphatic heterocycles. The molecule has 0 unspecified atom stereocenters. The van der Waals surface area contributed by atoms with Gasteiger partial charge in [-0.05, 0) is 23.7 Å². The average molecular weight is 328 g/mol. The van der Waals surface area contributed by atoms with E-state index in [-0.39, 0.29) is 11.0 Å². The molecule has 0 aliphatic rings. The molecule has 2 aromatic heterocycles. The van der Waals surface area contributed by atoms with Crippen LogP contribution >= 0.6 is 11.6 Å². The van der Waals surface area contributed by atoms with E-state index in [4.69, 9.17) is 16.3 Å². The van der Waals surface area contributed by atoms with Crippen molar-refractivity contribution >= 4 is 22.5 Å². The number of benzene rings is 1. The lowest BCUT2D eigenvalue weighted by molar-refractivity contribution is -0.137. The average Bonchev–Trinajstić information content (AvgIpc) is 2.88. The van der Waals surface area contributed by atoms with E-state index in [0.717, 1.165) is 0 Å². The topological polar surface area (TPSA) is 50.8 Å². The normalized spacial score (nSPS) is 11.9. The molecule has 114 valence electrons. The quantitative estimate of drug-likeness (QED) is 0.714. The Morgan fingerprint density at radius 3 is 2.73 bits per heavy atom. The van der Waals surface area contributed by atoms with Crippen molar-refractivity contribution in [2.24, 2.45) is 0 Å². The molecule has 0 saturated heterocycles. The Morgan fingerprint density at radius 2 is 2.05 bits per heavy atom. The second kappa shape index (κ2) is 5.17. The van der Waals surface area contributed by atoms with E-state index in [1.54, 1.807) is 18.2 Å². The molecule has 0 amide bonds. The highest BCUT2D eigenvalue weighted by molar-refractivity contribution is 6.28. The van der Waals surface area contributed by atoms with E-state index < -0.39 is 11.7 Å². The zero-order chi connectivity index (χ0) is 15.9. The van der Waals surface area contributed by atoms with E-state index in [1.807, 2.05) is 0 Å². The molecule has 1 aromatic carbocycles. The zero-order valence-corrected chi connectivity index (χ0v) is 12.0. The molecular weight excluding hydrogens is 319 g/mol. The number of hydrogen-bond acceptors (Lipinski definition) is 3. The summed E-state index contributed by atoms with van der Waals surface area (Å²) in [5.41, 5.74) is -0.260. The zero-order valence-electron chi connectivity index (χ0n) is 11.2. The van der Waals surface area contributed by atoms with Crippen molar-refractivity contribution in [3.05, 3.63) is 41.4 Å². The lowest BCUT2D eigenvalue weighted by atomic mass is 10.1. The number of nitrogens with one attached hydrogen (secondary N) is 1. The fourth-order valence-electron chi connectivity index (χ4n) is 2.20. The number of fused-ring (bicyclic) bond motifs is 1. The molecule has 0 spiro atoms. The number of alkyl halides is 3. The van der Waals surface area contributed by atoms with Gasteiger partial charge in [0.25, 0.3) is 0 Å². The summed E-state index contributed by atoms with van der Waals surface area (Å²) in [6, 6.07) is 5.01. The number of aromatic amines is 1. The van der Waals surface area contributed by atoms with E-state index in [0.29, 0.717) is 28.4 Å². The van der Waals surface area contributed by atoms with Gasteiger partial charge in [0.2, 0.25) is 5.28 Å². The Hall–Kier alpha value is -2.28. The lowest BCUT2D eigenvalue weighted by Gasteiger charge is -2.11. The number of ether oxygens (including phenoxy) is 1. The summed E-state index contributed by atoms with van der Waals surface area (Å²) in [4.78, 5) is 10.1. The molecule has 3 rings (SSSR count). The first-order valence-corrected chi connectivity index (χ1v) is 6.53. The molecule has 1 N–H and O–H groups in total. The third-order valence-corrected chi connectivity index (χ3v) is 3.39. The largest absolute Gasteiger partial charge is 0.497 e. The van der Waals surface area contributed by atoms with E-state index >= 15 is 0 Å². The van der Waals surface area contributed by atoms with Crippen LogP contribution in [0.1, 0.15) is 5.56 Å². The number of H-pyrrole nitrogens is 1. The Labute approximate surface area is 127 Å². The summed E-state index contributed by atoms with van der Waals surface area (Å²) in [5.74, 6) is 0.595. The van der Waals surface area contributed by atoms with Crippen LogP contribution in [0.4, 0.5) is 13.2 Å². The minimum atomic E-state index is -4.57. The number of nitrogens with zero attached hydrogens (tertiary/aromatic N) is 2. The monoisotopic (exact) mass is 327 g/mol. The second-order valence-electron chi connectivity index (χ2n) is 4.51. The fourth-order valence-corrected chi connectivity index (χ4v) is 2.33. The van der Waals surface area contributed by atoms with Crippen LogP contribution < -0.4 is 4.74 Å². The number of methoxy groups -OCH3 is 1. The van der Waals surface area contributed by atoms with Gasteiger partial charge in [0.05, 0.1) is 12.8 Å². The maximum atomic E-state index is 13.1. The summed E-state index contributed by atoms with van der Waals surface area (Å²) < 4.78 is 44.5. The Morgan fingerprint density at radius 1 is 1.27 bits per heavy atom. The van der Waals surface area contributed by atoms with Gasteiger partial charge >= 0.3 is 6.18 Å². The van der Waals surface area contributed by atoms with Gasteiger partial charge < -0.3 is 9.72 Å². The summed E-state index contributed by atoms with van der Waals surface area (Å²) in [6.07, 6.45) is -2.43. The van der Waals surface area contributed by atoms with Crippen molar-refractivity contribution < 1.29 is 17.9 Å². The predicted octanol–water partition coefficient (Wildman–Crippen LogP) is 4.31. The molecule has 0 aliphatic carbocycles. The summed E-state index contributed by atoms with van der Waals surface area (Å²) in [7, 11) is 1.51. The van der Waals surface area contributed by atoms with Gasteiger partial charge in [-0.2, -0.15) is 13.2 Å². The maximum Gasteiger partial charge on any atom is 0.419 e. The second-order valence-corrected chi connectivity index (χ2v) is 4.85. The van der Waals surface area contributed by atoms with Gasteiger partial charge in [0.15, 0.2) is 0 Å². The van der Waals surface area contributed by atoms with Gasteiger partial charge in [0.1, 0.15) is 11.3 Å². The number of hydrogen-bond donors (Lipinski definition) is 1. The molecule has 0 atom stereocenters. The number of aromatic nitrogens is 3. The first-order chi connectivity index (χ1) is 10.4. The molecule has 22 heavy (non-hydrogen) atoms. The minimum absolute atomic E-state index is 0.245. The van der Waals surface area contributed by atoms with Crippen LogP contribution in [0.5, 0.6) is 5.75 Å². The van der Waals surface area contributed by atoms with Crippen molar-refractivity contribution in [3.63, 3.8) is 0 Å². The van der Waals surface area contributed by atoms with E-state index in [2.05, 4.69) is 15.0 Å². The number of rotatable bonds is 2. The van der Waals surface area contributed by atoms with Gasteiger partial charge in [-0.25, -0.2) is 9.97 Å². The lowest BCUT2D eigenvalue weighted by Crippen LogP contribution is -2.09. The van der Waals surface area contributed by atoms with Crippen molar-refractivity contribution in [2.75, 3.05) is 7.11 Å². The molecule has 0 fully saturated rings. The van der Waals surface area contributed by atoms with Crippen LogP contribution in [-0.4, -0.2) is 22.1 Å². The molecule has 3 aromatic rings. The molecule has 8 heteroatoms. The van der Waals surface area contributed by atoms with E-state index in [1.165, 1.54) is 13.3 Å². The summed E-state index contributed by atoms with van der Waals surface area (Å²) >= 11 is 5.66. The highest BCUT2D eigenvalue weighted by Crippen LogP contribution is 2.39. The fraction of sp³-hybridized carbons (Fsp3) is 0.143. The van der Waals surface area contributed by atoms with E-state index in [9.17, 15) is 13.2 Å². The van der Waals surface area contributed by atoms with Crippen LogP contribution in [0.25, 0.3) is 22.2 Å². The van der Waals surface area contributed by atoms with Gasteiger partial charge in [0, 0.05) is 34.9 Å². The smallest absolute Gasteiger partial charge is 0.419 e. The first-order valence-electron chi connectivity index (χ1n) is 6.15.